The van der Waals surface area contributed by atoms with Crippen LogP contribution >= 0.6 is 0 Å². The van der Waals surface area contributed by atoms with Crippen molar-refractivity contribution >= 4 is 17.8 Å². The van der Waals surface area contributed by atoms with Gasteiger partial charge in [0.25, 0.3) is 0 Å². The first-order valence-electron chi connectivity index (χ1n) is 9.77. The zero-order valence-corrected chi connectivity index (χ0v) is 18.5. The van der Waals surface area contributed by atoms with Gasteiger partial charge in [-0.2, -0.15) is 0 Å². The van der Waals surface area contributed by atoms with Gasteiger partial charge in [-0.25, -0.2) is 4.79 Å². The van der Waals surface area contributed by atoms with Gasteiger partial charge < -0.3 is 23.7 Å². The molecule has 0 atom stereocenters. The van der Waals surface area contributed by atoms with Crippen LogP contribution in [0.15, 0.2) is 36.1 Å². The fraction of sp³-hybridized carbons (Fsp3) is 0.333. The van der Waals surface area contributed by atoms with Gasteiger partial charge >= 0.3 is 5.97 Å². The molecule has 0 radical (unpaired) electrons. The highest BCUT2D eigenvalue weighted by Crippen LogP contribution is 2.40. The molecule has 0 saturated carbocycles. The molecule has 0 spiro atoms. The predicted octanol–water partition coefficient (Wildman–Crippen LogP) is 4.35. The summed E-state index contributed by atoms with van der Waals surface area (Å²) in [5.41, 5.74) is 1.14. The molecule has 7 nitrogen and oxygen atoms in total. The second kappa shape index (κ2) is 8.71. The molecule has 0 unspecified atom stereocenters. The van der Waals surface area contributed by atoms with E-state index in [-0.39, 0.29) is 18.1 Å². The van der Waals surface area contributed by atoms with Crippen molar-refractivity contribution in [2.24, 2.45) is 0 Å². The summed E-state index contributed by atoms with van der Waals surface area (Å²) in [5.74, 6) is 1.50. The highest BCUT2D eigenvalue weighted by Gasteiger charge is 2.30. The van der Waals surface area contributed by atoms with Crippen LogP contribution in [-0.2, 0) is 9.53 Å². The standard InChI is InChI=1S/C24H26O7/c1-14-18(29-13-21(25)31-24(2,3)4)10-9-17-22(26)20(30-23(14)17)11-15-7-8-16(27-5)12-19(15)28-6/h7-12H,13H2,1-6H3/b20-11-. The number of methoxy groups -OCH3 is 2. The molecule has 0 bridgehead atoms. The van der Waals surface area contributed by atoms with Crippen LogP contribution in [-0.4, -0.2) is 38.2 Å². The maximum absolute atomic E-state index is 12.8. The monoisotopic (exact) mass is 426 g/mol. The highest BCUT2D eigenvalue weighted by molar-refractivity contribution is 6.15. The van der Waals surface area contributed by atoms with Gasteiger partial charge in [-0.15, -0.1) is 0 Å². The number of benzene rings is 2. The van der Waals surface area contributed by atoms with E-state index in [0.29, 0.717) is 39.7 Å². The maximum Gasteiger partial charge on any atom is 0.344 e. The summed E-state index contributed by atoms with van der Waals surface area (Å²) < 4.78 is 27.3. The van der Waals surface area contributed by atoms with Crippen LogP contribution in [0.3, 0.4) is 0 Å². The smallest absolute Gasteiger partial charge is 0.344 e. The molecule has 1 aliphatic rings. The summed E-state index contributed by atoms with van der Waals surface area (Å²) in [6.07, 6.45) is 1.63. The molecule has 3 rings (SSSR count). The van der Waals surface area contributed by atoms with E-state index >= 15 is 0 Å². The van der Waals surface area contributed by atoms with Crippen molar-refractivity contribution in [2.45, 2.75) is 33.3 Å². The number of allylic oxidation sites excluding steroid dienone is 1. The number of esters is 1. The van der Waals surface area contributed by atoms with Crippen molar-refractivity contribution in [3.8, 4) is 23.0 Å². The molecule has 31 heavy (non-hydrogen) atoms. The lowest BCUT2D eigenvalue weighted by molar-refractivity contribution is -0.157. The van der Waals surface area contributed by atoms with Gasteiger partial charge in [0, 0.05) is 17.2 Å². The van der Waals surface area contributed by atoms with Crippen LogP contribution < -0.4 is 18.9 Å². The van der Waals surface area contributed by atoms with Crippen molar-refractivity contribution in [3.63, 3.8) is 0 Å². The summed E-state index contributed by atoms with van der Waals surface area (Å²) in [6, 6.07) is 8.56. The minimum atomic E-state index is -0.592. The SMILES string of the molecule is COc1ccc(/C=C2\Oc3c(ccc(OCC(=O)OC(C)(C)C)c3C)C2=O)c(OC)c1. The van der Waals surface area contributed by atoms with Gasteiger partial charge in [0.15, 0.2) is 12.4 Å². The first-order valence-corrected chi connectivity index (χ1v) is 9.77. The number of ketones is 1. The third-order valence-corrected chi connectivity index (χ3v) is 4.53. The molecule has 7 heteroatoms. The lowest BCUT2D eigenvalue weighted by Gasteiger charge is -2.19. The van der Waals surface area contributed by atoms with Crippen LogP contribution in [0.2, 0.25) is 0 Å². The Morgan fingerprint density at radius 3 is 2.45 bits per heavy atom. The van der Waals surface area contributed by atoms with Crippen LogP contribution in [0.5, 0.6) is 23.0 Å². The average Bonchev–Trinajstić information content (AvgIpc) is 3.03. The second-order valence-electron chi connectivity index (χ2n) is 7.99. The van der Waals surface area contributed by atoms with Crippen molar-refractivity contribution in [2.75, 3.05) is 20.8 Å². The molecule has 1 heterocycles. The number of rotatable bonds is 6. The van der Waals surface area contributed by atoms with Gasteiger partial charge in [-0.3, -0.25) is 4.79 Å². The molecule has 0 fully saturated rings. The number of carbonyl (C=O) groups is 2. The molecule has 164 valence electrons. The van der Waals surface area contributed by atoms with Crippen molar-refractivity contribution < 1.29 is 33.3 Å². The van der Waals surface area contributed by atoms with Gasteiger partial charge in [0.05, 0.1) is 19.8 Å². The molecule has 2 aromatic carbocycles. The van der Waals surface area contributed by atoms with E-state index in [2.05, 4.69) is 0 Å². The lowest BCUT2D eigenvalue weighted by atomic mass is 10.1. The second-order valence-corrected chi connectivity index (χ2v) is 7.99. The predicted molar refractivity (Wildman–Crippen MR) is 115 cm³/mol. The van der Waals surface area contributed by atoms with Gasteiger partial charge in [-0.1, -0.05) is 0 Å². The number of fused-ring (bicyclic) bond motifs is 1. The zero-order valence-electron chi connectivity index (χ0n) is 18.5. The maximum atomic E-state index is 12.8. The van der Waals surface area contributed by atoms with E-state index in [0.717, 1.165) is 0 Å². The van der Waals surface area contributed by atoms with Gasteiger partial charge in [0.1, 0.15) is 28.6 Å². The molecular weight excluding hydrogens is 400 g/mol. The highest BCUT2D eigenvalue weighted by atomic mass is 16.6. The number of ether oxygens (including phenoxy) is 5. The molecular formula is C24H26O7. The Hall–Kier alpha value is -3.48. The van der Waals surface area contributed by atoms with Crippen molar-refractivity contribution in [1.82, 2.24) is 0 Å². The Bertz CT molecular complexity index is 1040. The zero-order chi connectivity index (χ0) is 22.8. The van der Waals surface area contributed by atoms with E-state index in [1.807, 2.05) is 0 Å². The minimum absolute atomic E-state index is 0.172. The summed E-state index contributed by atoms with van der Waals surface area (Å²) in [6.45, 7) is 6.90. The van der Waals surface area contributed by atoms with Gasteiger partial charge in [0.2, 0.25) is 5.78 Å². The van der Waals surface area contributed by atoms with E-state index in [9.17, 15) is 9.59 Å². The first-order chi connectivity index (χ1) is 14.6. The number of Topliss-reactive ketones (excluding diaryl/α,β-unsaturated/α-hetero) is 1. The molecule has 0 aliphatic carbocycles. The van der Waals surface area contributed by atoms with E-state index in [1.54, 1.807) is 78.3 Å². The third-order valence-electron chi connectivity index (χ3n) is 4.53. The van der Waals surface area contributed by atoms with E-state index < -0.39 is 11.6 Å². The fourth-order valence-electron chi connectivity index (χ4n) is 3.11. The lowest BCUT2D eigenvalue weighted by Crippen LogP contribution is -2.27. The van der Waals surface area contributed by atoms with Crippen molar-refractivity contribution in [3.05, 3.63) is 52.8 Å². The Kier molecular flexibility index (Phi) is 6.24. The number of hydrogen-bond acceptors (Lipinski definition) is 7. The molecule has 1 aliphatic heterocycles. The van der Waals surface area contributed by atoms with Gasteiger partial charge in [-0.05, 0) is 58.0 Å². The molecule has 0 amide bonds. The minimum Gasteiger partial charge on any atom is -0.497 e. The Labute approximate surface area is 181 Å². The number of hydrogen-bond donors (Lipinski definition) is 0. The fourth-order valence-corrected chi connectivity index (χ4v) is 3.11. The topological polar surface area (TPSA) is 80.3 Å². The molecule has 0 aromatic heterocycles. The Morgan fingerprint density at radius 1 is 1.06 bits per heavy atom. The molecule has 0 N–H and O–H groups in total. The normalized spacial score (nSPS) is 14.1. The van der Waals surface area contributed by atoms with E-state index in [4.69, 9.17) is 23.7 Å². The third kappa shape index (κ3) is 4.99. The van der Waals surface area contributed by atoms with Crippen LogP contribution in [0, 0.1) is 6.92 Å². The molecule has 0 saturated heterocycles. The van der Waals surface area contributed by atoms with Crippen molar-refractivity contribution in [1.29, 1.82) is 0 Å². The van der Waals surface area contributed by atoms with Crippen LogP contribution in [0.1, 0.15) is 42.3 Å². The van der Waals surface area contributed by atoms with Crippen LogP contribution in [0.25, 0.3) is 6.08 Å². The molecule has 2 aromatic rings. The Balaban J connectivity index is 1.82. The van der Waals surface area contributed by atoms with E-state index in [1.165, 1.54) is 0 Å². The summed E-state index contributed by atoms with van der Waals surface area (Å²) in [4.78, 5) is 24.8. The largest absolute Gasteiger partial charge is 0.497 e. The Morgan fingerprint density at radius 2 is 1.81 bits per heavy atom. The quantitative estimate of drug-likeness (QED) is 0.502. The summed E-state index contributed by atoms with van der Waals surface area (Å²) in [5, 5.41) is 0. The van der Waals surface area contributed by atoms with Crippen LogP contribution in [0.4, 0.5) is 0 Å². The first kappa shape index (κ1) is 22.2. The summed E-state index contributed by atoms with van der Waals surface area (Å²) >= 11 is 0. The number of carbonyl (C=O) groups excluding carboxylic acids is 2. The average molecular weight is 426 g/mol. The summed E-state index contributed by atoms with van der Waals surface area (Å²) in [7, 11) is 3.11.